The maximum absolute atomic E-state index is 13.4. The molecule has 0 unspecified atom stereocenters. The van der Waals surface area contributed by atoms with Crippen molar-refractivity contribution in [2.45, 2.75) is 6.42 Å². The number of halogens is 1. The predicted molar refractivity (Wildman–Crippen MR) is 128 cm³/mol. The molecule has 0 saturated carbocycles. The maximum atomic E-state index is 13.4. The molecule has 7 rings (SSSR count). The van der Waals surface area contributed by atoms with Gasteiger partial charge in [-0.3, -0.25) is 0 Å². The van der Waals surface area contributed by atoms with E-state index in [0.717, 1.165) is 22.7 Å². The zero-order valence-corrected chi connectivity index (χ0v) is 16.9. The molecule has 1 heterocycles. The summed E-state index contributed by atoms with van der Waals surface area (Å²) in [6.07, 6.45) is 1.08. The molecule has 0 aliphatic heterocycles. The second-order valence-electron chi connectivity index (χ2n) is 7.98. The molecule has 1 aromatic heterocycles. The number of fused-ring (bicyclic) bond motifs is 8. The number of H-pyrrole nitrogens is 1. The summed E-state index contributed by atoms with van der Waals surface area (Å²) in [5.41, 5.74) is 7.34. The molecule has 0 fully saturated rings. The zero-order chi connectivity index (χ0) is 20.8. The van der Waals surface area contributed by atoms with Crippen molar-refractivity contribution in [3.63, 3.8) is 0 Å². The lowest BCUT2D eigenvalue weighted by Crippen LogP contribution is -1.83. The molecular weight excluding hydrogens is 381 g/mol. The molecule has 5 aromatic carbocycles. The van der Waals surface area contributed by atoms with E-state index < -0.39 is 0 Å². The second-order valence-corrected chi connectivity index (χ2v) is 7.98. The molecule has 0 radical (unpaired) electrons. The van der Waals surface area contributed by atoms with Gasteiger partial charge < -0.3 is 4.98 Å². The largest absolute Gasteiger partial charge is 0.352 e. The number of para-hydroxylation sites is 2. The van der Waals surface area contributed by atoms with Crippen molar-refractivity contribution in [1.82, 2.24) is 4.98 Å². The van der Waals surface area contributed by atoms with Crippen LogP contribution >= 0.6 is 0 Å². The topological polar surface area (TPSA) is 15.8 Å². The highest BCUT2D eigenvalue weighted by Gasteiger charge is 2.19. The first-order valence-corrected chi connectivity index (χ1v) is 10.5. The third-order valence-corrected chi connectivity index (χ3v) is 6.21. The van der Waals surface area contributed by atoms with E-state index >= 15 is 0 Å². The van der Waals surface area contributed by atoms with Crippen LogP contribution in [0.25, 0.3) is 43.7 Å². The number of rotatable bonds is 0. The Labute approximate surface area is 179 Å². The van der Waals surface area contributed by atoms with E-state index in [9.17, 15) is 4.39 Å². The van der Waals surface area contributed by atoms with Crippen LogP contribution in [0.15, 0.2) is 103 Å². The molecule has 148 valence electrons. The highest BCUT2D eigenvalue weighted by Crippen LogP contribution is 2.40. The fourth-order valence-electron chi connectivity index (χ4n) is 4.74. The zero-order valence-electron chi connectivity index (χ0n) is 16.9. The molecule has 0 saturated heterocycles. The van der Waals surface area contributed by atoms with Gasteiger partial charge in [-0.2, -0.15) is 0 Å². The third kappa shape index (κ3) is 2.91. The van der Waals surface area contributed by atoms with Gasteiger partial charge in [-0.1, -0.05) is 91.0 Å². The van der Waals surface area contributed by atoms with Crippen molar-refractivity contribution in [3.05, 3.63) is 120 Å². The van der Waals surface area contributed by atoms with Gasteiger partial charge in [-0.25, -0.2) is 4.39 Å². The van der Waals surface area contributed by atoms with Crippen LogP contribution < -0.4 is 0 Å². The van der Waals surface area contributed by atoms with Crippen LogP contribution in [0, 0.1) is 5.82 Å². The van der Waals surface area contributed by atoms with Crippen LogP contribution in [-0.2, 0) is 6.42 Å². The lowest BCUT2D eigenvalue weighted by Gasteiger charge is -2.05. The highest BCUT2D eigenvalue weighted by atomic mass is 19.1. The molecule has 0 atom stereocenters. The van der Waals surface area contributed by atoms with Crippen molar-refractivity contribution in [3.8, 4) is 11.1 Å². The quantitative estimate of drug-likeness (QED) is 0.266. The molecule has 1 nitrogen and oxygen atoms in total. The highest BCUT2D eigenvalue weighted by molar-refractivity contribution is 6.07. The van der Waals surface area contributed by atoms with Crippen LogP contribution in [-0.4, -0.2) is 4.98 Å². The molecular formula is C29H20FN. The summed E-state index contributed by atoms with van der Waals surface area (Å²) in [6, 6.07) is 34.9. The van der Waals surface area contributed by atoms with Gasteiger partial charge in [0.15, 0.2) is 0 Å². The van der Waals surface area contributed by atoms with E-state index in [-0.39, 0.29) is 5.82 Å². The number of benzene rings is 5. The molecule has 1 N–H and O–H groups in total. The summed E-state index contributed by atoms with van der Waals surface area (Å²) >= 11 is 0. The lowest BCUT2D eigenvalue weighted by molar-refractivity contribution is 0.637. The Kier molecular flexibility index (Phi) is 4.10. The van der Waals surface area contributed by atoms with E-state index in [0.29, 0.717) is 5.52 Å². The molecule has 6 aromatic rings. The molecule has 1 aliphatic carbocycles. The van der Waals surface area contributed by atoms with Crippen molar-refractivity contribution < 1.29 is 4.39 Å². The average molecular weight is 401 g/mol. The number of hydrogen-bond acceptors (Lipinski definition) is 0. The Balaban J connectivity index is 0.000000122. The van der Waals surface area contributed by atoms with Crippen molar-refractivity contribution >= 4 is 32.6 Å². The first-order valence-electron chi connectivity index (χ1n) is 10.5. The van der Waals surface area contributed by atoms with E-state index in [2.05, 4.69) is 65.6 Å². The minimum Gasteiger partial charge on any atom is -0.352 e. The monoisotopic (exact) mass is 401 g/mol. The van der Waals surface area contributed by atoms with E-state index in [1.165, 1.54) is 39.1 Å². The van der Waals surface area contributed by atoms with Crippen LogP contribution in [0.3, 0.4) is 0 Å². The van der Waals surface area contributed by atoms with Gasteiger partial charge in [0.05, 0.1) is 5.52 Å². The van der Waals surface area contributed by atoms with Gasteiger partial charge in [0.2, 0.25) is 0 Å². The fourth-order valence-corrected chi connectivity index (χ4v) is 4.74. The summed E-state index contributed by atoms with van der Waals surface area (Å²) in [4.78, 5) is 3.07. The number of aromatic amines is 1. The van der Waals surface area contributed by atoms with Crippen molar-refractivity contribution in [2.24, 2.45) is 0 Å². The number of aromatic nitrogens is 1. The average Bonchev–Trinajstić information content (AvgIpc) is 3.39. The Morgan fingerprint density at radius 3 is 2.26 bits per heavy atom. The summed E-state index contributed by atoms with van der Waals surface area (Å²) < 4.78 is 13.4. The Hall–Kier alpha value is -3.91. The fraction of sp³-hybridized carbons (Fsp3) is 0.0345. The van der Waals surface area contributed by atoms with Crippen LogP contribution in [0.4, 0.5) is 4.39 Å². The van der Waals surface area contributed by atoms with Crippen LogP contribution in [0.2, 0.25) is 0 Å². The second kappa shape index (κ2) is 7.10. The first-order chi connectivity index (χ1) is 15.3. The summed E-state index contributed by atoms with van der Waals surface area (Å²) in [6.45, 7) is 0. The van der Waals surface area contributed by atoms with Gasteiger partial charge in [0.1, 0.15) is 5.82 Å². The molecule has 0 amide bonds. The standard InChI is InChI=1S/C17H12.C12H8FN/c1-3-7-14-12(5-1)9-10-16-15-8-4-2-6-13(15)11-17(14)16;13-10-6-3-5-9-8-4-1-2-7-11(8)14-12(9)10/h1-10H,11H2;1-7,14H. The van der Waals surface area contributed by atoms with E-state index in [4.69, 9.17) is 0 Å². The molecule has 0 spiro atoms. The Morgan fingerprint density at radius 2 is 1.32 bits per heavy atom. The Bertz CT molecular complexity index is 1570. The van der Waals surface area contributed by atoms with Crippen LogP contribution in [0.5, 0.6) is 0 Å². The smallest absolute Gasteiger partial charge is 0.147 e. The lowest BCUT2D eigenvalue weighted by atomic mass is 9.99. The van der Waals surface area contributed by atoms with Crippen molar-refractivity contribution in [2.75, 3.05) is 0 Å². The van der Waals surface area contributed by atoms with Crippen LogP contribution in [0.1, 0.15) is 11.1 Å². The third-order valence-electron chi connectivity index (χ3n) is 6.21. The predicted octanol–water partition coefficient (Wildman–Crippen LogP) is 7.87. The van der Waals surface area contributed by atoms with Gasteiger partial charge in [-0.05, 0) is 51.6 Å². The number of hydrogen-bond donors (Lipinski definition) is 1. The molecule has 2 heteroatoms. The van der Waals surface area contributed by atoms with E-state index in [1.807, 2.05) is 30.3 Å². The van der Waals surface area contributed by atoms with Gasteiger partial charge in [-0.15, -0.1) is 0 Å². The van der Waals surface area contributed by atoms with Gasteiger partial charge >= 0.3 is 0 Å². The van der Waals surface area contributed by atoms with E-state index in [1.54, 1.807) is 6.07 Å². The molecule has 0 bridgehead atoms. The number of nitrogens with one attached hydrogen (secondary N) is 1. The summed E-state index contributed by atoms with van der Waals surface area (Å²) in [7, 11) is 0. The van der Waals surface area contributed by atoms with Gasteiger partial charge in [0.25, 0.3) is 0 Å². The minimum atomic E-state index is -0.196. The minimum absolute atomic E-state index is 0.196. The maximum Gasteiger partial charge on any atom is 0.147 e. The summed E-state index contributed by atoms with van der Waals surface area (Å²) in [5.74, 6) is -0.196. The SMILES string of the molecule is Fc1cccc2c1[nH]c1ccccc12.c1ccc2c(c1)Cc1c-2ccc2ccccc12. The molecule has 31 heavy (non-hydrogen) atoms. The summed E-state index contributed by atoms with van der Waals surface area (Å²) in [5, 5.41) is 4.77. The van der Waals surface area contributed by atoms with Crippen molar-refractivity contribution in [1.29, 1.82) is 0 Å². The van der Waals surface area contributed by atoms with Gasteiger partial charge in [0, 0.05) is 16.3 Å². The Morgan fingerprint density at radius 1 is 0.581 bits per heavy atom. The first kappa shape index (κ1) is 17.9. The normalized spacial score (nSPS) is 11.9. The molecule has 1 aliphatic rings.